The van der Waals surface area contributed by atoms with Crippen molar-refractivity contribution in [1.82, 2.24) is 20.5 Å². The number of aromatic amines is 1. The van der Waals surface area contributed by atoms with Crippen molar-refractivity contribution in [3.8, 4) is 11.4 Å². The van der Waals surface area contributed by atoms with Gasteiger partial charge in [-0.15, -0.1) is 5.10 Å². The zero-order valence-corrected chi connectivity index (χ0v) is 13.2. The molecule has 2 aromatic rings. The summed E-state index contributed by atoms with van der Waals surface area (Å²) in [5.41, 5.74) is 2.25. The minimum Gasteiger partial charge on any atom is -0.337 e. The summed E-state index contributed by atoms with van der Waals surface area (Å²) in [4.78, 5) is 6.85. The van der Waals surface area contributed by atoms with Gasteiger partial charge in [0.1, 0.15) is 0 Å². The molecule has 0 amide bonds. The summed E-state index contributed by atoms with van der Waals surface area (Å²) in [5, 5.41) is 10.8. The molecule has 0 saturated carbocycles. The monoisotopic (exact) mass is 335 g/mol. The van der Waals surface area contributed by atoms with E-state index in [4.69, 9.17) is 0 Å². The van der Waals surface area contributed by atoms with Crippen molar-refractivity contribution in [2.45, 2.75) is 19.9 Å². The van der Waals surface area contributed by atoms with Crippen LogP contribution in [0.4, 0.5) is 5.95 Å². The van der Waals surface area contributed by atoms with E-state index in [1.165, 1.54) is 5.56 Å². The molecule has 1 fully saturated rings. The minimum absolute atomic E-state index is 0.471. The number of anilines is 1. The minimum atomic E-state index is 0.471. The quantitative estimate of drug-likeness (QED) is 0.884. The summed E-state index contributed by atoms with van der Waals surface area (Å²) < 4.78 is 1.06. The van der Waals surface area contributed by atoms with E-state index < -0.39 is 0 Å². The normalized spacial score (nSPS) is 19.4. The van der Waals surface area contributed by atoms with Crippen LogP contribution >= 0.6 is 15.9 Å². The smallest absolute Gasteiger partial charge is 0.245 e. The molecular formula is C14H18BrN5. The molecule has 1 atom stereocenters. The Morgan fingerprint density at radius 3 is 2.95 bits per heavy atom. The molecule has 3 rings (SSSR count). The maximum atomic E-state index is 4.63. The SMILES string of the molecule is Cc1cc(Br)cc(-c2nc(N3CCN[C@@H](C)C3)n[nH]2)c1. The summed E-state index contributed by atoms with van der Waals surface area (Å²) in [6, 6.07) is 6.71. The van der Waals surface area contributed by atoms with Gasteiger partial charge in [-0.2, -0.15) is 4.98 Å². The maximum Gasteiger partial charge on any atom is 0.245 e. The topological polar surface area (TPSA) is 56.8 Å². The number of hydrogen-bond acceptors (Lipinski definition) is 4. The molecule has 2 heterocycles. The average Bonchev–Trinajstić information content (AvgIpc) is 2.87. The van der Waals surface area contributed by atoms with E-state index in [0.717, 1.165) is 41.4 Å². The Balaban J connectivity index is 1.86. The number of hydrogen-bond donors (Lipinski definition) is 2. The maximum absolute atomic E-state index is 4.63. The predicted molar refractivity (Wildman–Crippen MR) is 83.9 cm³/mol. The Kier molecular flexibility index (Phi) is 3.76. The molecule has 1 aliphatic rings. The largest absolute Gasteiger partial charge is 0.337 e. The lowest BCUT2D eigenvalue weighted by atomic mass is 10.1. The number of nitrogens with zero attached hydrogens (tertiary/aromatic N) is 3. The van der Waals surface area contributed by atoms with Crippen LogP contribution in [0, 0.1) is 6.92 Å². The number of rotatable bonds is 2. The first-order valence-electron chi connectivity index (χ1n) is 6.80. The molecule has 1 aromatic heterocycles. The standard InChI is InChI=1S/C14H18BrN5/c1-9-5-11(7-12(15)6-9)13-17-14(19-18-13)20-4-3-16-10(2)8-20/h5-7,10,16H,3-4,8H2,1-2H3,(H,17,18,19)/t10-/m0/s1. The highest BCUT2D eigenvalue weighted by molar-refractivity contribution is 9.10. The second-order valence-electron chi connectivity index (χ2n) is 5.30. The molecule has 1 aromatic carbocycles. The van der Waals surface area contributed by atoms with Crippen LogP contribution in [0.2, 0.25) is 0 Å². The third kappa shape index (κ3) is 2.86. The van der Waals surface area contributed by atoms with Gasteiger partial charge in [0.2, 0.25) is 5.95 Å². The first-order valence-corrected chi connectivity index (χ1v) is 7.59. The highest BCUT2D eigenvalue weighted by atomic mass is 79.9. The lowest BCUT2D eigenvalue weighted by Crippen LogP contribution is -2.49. The van der Waals surface area contributed by atoms with Crippen LogP contribution < -0.4 is 10.2 Å². The van der Waals surface area contributed by atoms with Crippen LogP contribution in [0.1, 0.15) is 12.5 Å². The Bertz CT molecular complexity index is 589. The highest BCUT2D eigenvalue weighted by Crippen LogP contribution is 2.23. The number of benzene rings is 1. The highest BCUT2D eigenvalue weighted by Gasteiger charge is 2.19. The van der Waals surface area contributed by atoms with Crippen molar-refractivity contribution >= 4 is 21.9 Å². The van der Waals surface area contributed by atoms with Gasteiger partial charge >= 0.3 is 0 Å². The molecule has 0 spiro atoms. The van der Waals surface area contributed by atoms with E-state index in [0.29, 0.717) is 6.04 Å². The van der Waals surface area contributed by atoms with E-state index in [2.05, 4.69) is 73.4 Å². The summed E-state index contributed by atoms with van der Waals surface area (Å²) in [6.07, 6.45) is 0. The molecule has 5 nitrogen and oxygen atoms in total. The van der Waals surface area contributed by atoms with Crippen molar-refractivity contribution in [1.29, 1.82) is 0 Å². The van der Waals surface area contributed by atoms with E-state index in [9.17, 15) is 0 Å². The molecular weight excluding hydrogens is 318 g/mol. The van der Waals surface area contributed by atoms with Gasteiger partial charge in [-0.1, -0.05) is 15.9 Å². The van der Waals surface area contributed by atoms with E-state index in [1.807, 2.05) is 0 Å². The molecule has 20 heavy (non-hydrogen) atoms. The summed E-state index contributed by atoms with van der Waals surface area (Å²) in [5.74, 6) is 1.60. The van der Waals surface area contributed by atoms with E-state index in [1.54, 1.807) is 0 Å². The first-order chi connectivity index (χ1) is 9.61. The third-order valence-corrected chi connectivity index (χ3v) is 3.90. The second-order valence-corrected chi connectivity index (χ2v) is 6.22. The molecule has 2 N–H and O–H groups in total. The van der Waals surface area contributed by atoms with Gasteiger partial charge in [0.25, 0.3) is 0 Å². The van der Waals surface area contributed by atoms with E-state index in [-0.39, 0.29) is 0 Å². The number of halogens is 1. The van der Waals surface area contributed by atoms with Crippen molar-refractivity contribution < 1.29 is 0 Å². The molecule has 0 unspecified atom stereocenters. The molecule has 6 heteroatoms. The molecule has 1 saturated heterocycles. The zero-order chi connectivity index (χ0) is 14.1. The molecule has 1 aliphatic heterocycles. The fourth-order valence-electron chi connectivity index (χ4n) is 2.51. The van der Waals surface area contributed by atoms with Crippen LogP contribution in [0.5, 0.6) is 0 Å². The zero-order valence-electron chi connectivity index (χ0n) is 11.7. The summed E-state index contributed by atoms with van der Waals surface area (Å²) >= 11 is 3.52. The molecule has 106 valence electrons. The fraction of sp³-hybridized carbons (Fsp3) is 0.429. The first kappa shape index (κ1) is 13.6. The summed E-state index contributed by atoms with van der Waals surface area (Å²) in [6.45, 7) is 7.11. The van der Waals surface area contributed by atoms with Gasteiger partial charge in [-0.3, -0.25) is 5.10 Å². The molecule has 0 radical (unpaired) electrons. The summed E-state index contributed by atoms with van der Waals surface area (Å²) in [7, 11) is 0. The molecule has 0 bridgehead atoms. The number of H-pyrrole nitrogens is 1. The van der Waals surface area contributed by atoms with Crippen molar-refractivity contribution in [2.75, 3.05) is 24.5 Å². The third-order valence-electron chi connectivity index (χ3n) is 3.44. The average molecular weight is 336 g/mol. The van der Waals surface area contributed by atoms with Gasteiger partial charge in [-0.25, -0.2) is 0 Å². The number of aromatic nitrogens is 3. The van der Waals surface area contributed by atoms with Crippen molar-refractivity contribution in [3.05, 3.63) is 28.2 Å². The van der Waals surface area contributed by atoms with Gasteiger partial charge in [0, 0.05) is 35.7 Å². The van der Waals surface area contributed by atoms with Crippen LogP contribution in [0.25, 0.3) is 11.4 Å². The Labute approximate surface area is 126 Å². The Hall–Kier alpha value is -1.40. The van der Waals surface area contributed by atoms with Crippen LogP contribution in [0.15, 0.2) is 22.7 Å². The van der Waals surface area contributed by atoms with Gasteiger partial charge in [0.05, 0.1) is 0 Å². The second kappa shape index (κ2) is 5.54. The van der Waals surface area contributed by atoms with E-state index >= 15 is 0 Å². The van der Waals surface area contributed by atoms with Crippen LogP contribution in [-0.4, -0.2) is 40.9 Å². The van der Waals surface area contributed by atoms with Crippen LogP contribution in [0.3, 0.4) is 0 Å². The predicted octanol–water partition coefficient (Wildman–Crippen LogP) is 2.34. The van der Waals surface area contributed by atoms with Crippen molar-refractivity contribution in [3.63, 3.8) is 0 Å². The lowest BCUT2D eigenvalue weighted by Gasteiger charge is -2.30. The van der Waals surface area contributed by atoms with Gasteiger partial charge < -0.3 is 10.2 Å². The number of nitrogens with one attached hydrogen (secondary N) is 2. The number of aryl methyl sites for hydroxylation is 1. The van der Waals surface area contributed by atoms with Gasteiger partial charge in [-0.05, 0) is 37.6 Å². The number of piperazine rings is 1. The van der Waals surface area contributed by atoms with Gasteiger partial charge in [0.15, 0.2) is 5.82 Å². The lowest BCUT2D eigenvalue weighted by molar-refractivity contribution is 0.480. The molecule has 0 aliphatic carbocycles. The fourth-order valence-corrected chi connectivity index (χ4v) is 3.12. The van der Waals surface area contributed by atoms with Crippen LogP contribution in [-0.2, 0) is 0 Å². The van der Waals surface area contributed by atoms with Crippen molar-refractivity contribution in [2.24, 2.45) is 0 Å². The Morgan fingerprint density at radius 1 is 1.35 bits per heavy atom. The Morgan fingerprint density at radius 2 is 2.20 bits per heavy atom.